The number of hydrogen-bond acceptors (Lipinski definition) is 3. The maximum Gasteiger partial charge on any atom is 0.251 e. The topological polar surface area (TPSA) is 78.1 Å². The molecule has 2 amide bonds. The molecule has 1 fully saturated rings. The lowest BCUT2D eigenvalue weighted by Gasteiger charge is -2.14. The third kappa shape index (κ3) is 3.43. The molecular weight excluding hydrogens is 340 g/mol. The fourth-order valence-corrected chi connectivity index (χ4v) is 3.59. The van der Waals surface area contributed by atoms with Gasteiger partial charge >= 0.3 is 0 Å². The first-order chi connectivity index (χ1) is 13.2. The smallest absolute Gasteiger partial charge is 0.251 e. The zero-order valence-corrected chi connectivity index (χ0v) is 15.3. The first kappa shape index (κ1) is 17.3. The van der Waals surface area contributed by atoms with Crippen LogP contribution in [0, 0.1) is 0 Å². The SMILES string of the molecule is CNC(=O)c1cccc(-c2cnc3[nH]cc(CC(=O)N4CCCC4)c3c2)c1. The molecule has 1 saturated heterocycles. The molecule has 3 heterocycles. The minimum Gasteiger partial charge on any atom is -0.355 e. The van der Waals surface area contributed by atoms with Crippen LogP contribution in [0.3, 0.4) is 0 Å². The second kappa shape index (κ2) is 7.23. The number of pyridine rings is 1. The van der Waals surface area contributed by atoms with Crippen LogP contribution >= 0.6 is 0 Å². The first-order valence-corrected chi connectivity index (χ1v) is 9.22. The lowest BCUT2D eigenvalue weighted by Crippen LogP contribution is -2.28. The van der Waals surface area contributed by atoms with Crippen LogP contribution in [-0.4, -0.2) is 46.8 Å². The second-order valence-electron chi connectivity index (χ2n) is 6.86. The lowest BCUT2D eigenvalue weighted by atomic mass is 10.0. The van der Waals surface area contributed by atoms with Gasteiger partial charge in [0.1, 0.15) is 5.65 Å². The van der Waals surface area contributed by atoms with Gasteiger partial charge in [-0.25, -0.2) is 4.98 Å². The van der Waals surface area contributed by atoms with Gasteiger partial charge in [-0.3, -0.25) is 9.59 Å². The van der Waals surface area contributed by atoms with Crippen molar-refractivity contribution in [3.8, 4) is 11.1 Å². The van der Waals surface area contributed by atoms with Gasteiger partial charge in [-0.05, 0) is 42.2 Å². The molecule has 3 aromatic rings. The molecule has 6 nitrogen and oxygen atoms in total. The molecule has 0 saturated carbocycles. The summed E-state index contributed by atoms with van der Waals surface area (Å²) in [5.41, 5.74) is 4.17. The largest absolute Gasteiger partial charge is 0.355 e. The summed E-state index contributed by atoms with van der Waals surface area (Å²) >= 11 is 0. The molecule has 27 heavy (non-hydrogen) atoms. The number of carbonyl (C=O) groups is 2. The van der Waals surface area contributed by atoms with Crippen LogP contribution in [0.5, 0.6) is 0 Å². The van der Waals surface area contributed by atoms with E-state index in [1.807, 2.05) is 35.4 Å². The Balaban J connectivity index is 1.66. The Morgan fingerprint density at radius 1 is 1.19 bits per heavy atom. The van der Waals surface area contributed by atoms with E-state index in [-0.39, 0.29) is 11.8 Å². The Kier molecular flexibility index (Phi) is 4.62. The fraction of sp³-hybridized carbons (Fsp3) is 0.286. The van der Waals surface area contributed by atoms with Crippen molar-refractivity contribution in [1.29, 1.82) is 0 Å². The standard InChI is InChI=1S/C21H22N4O2/c1-22-21(27)15-6-4-5-14(9-15)16-10-18-17(13-24-20(18)23-12-16)11-19(26)25-7-2-3-8-25/h4-6,9-10,12-13H,2-3,7-8,11H2,1H3,(H,22,27)(H,23,24). The van der Waals surface area contributed by atoms with Gasteiger partial charge in [0, 0.05) is 49.0 Å². The van der Waals surface area contributed by atoms with Crippen LogP contribution in [0.25, 0.3) is 22.2 Å². The highest BCUT2D eigenvalue weighted by Gasteiger charge is 2.19. The van der Waals surface area contributed by atoms with Crippen molar-refractivity contribution >= 4 is 22.8 Å². The molecule has 1 aliphatic heterocycles. The fourth-order valence-electron chi connectivity index (χ4n) is 3.59. The molecule has 0 radical (unpaired) electrons. The summed E-state index contributed by atoms with van der Waals surface area (Å²) in [5, 5.41) is 3.59. The van der Waals surface area contributed by atoms with Gasteiger partial charge in [0.15, 0.2) is 0 Å². The van der Waals surface area contributed by atoms with Crippen LogP contribution < -0.4 is 5.32 Å². The molecule has 6 heteroatoms. The molecule has 1 aromatic carbocycles. The Morgan fingerprint density at radius 2 is 2.00 bits per heavy atom. The summed E-state index contributed by atoms with van der Waals surface area (Å²) < 4.78 is 0. The lowest BCUT2D eigenvalue weighted by molar-refractivity contribution is -0.129. The molecule has 0 bridgehead atoms. The van der Waals surface area contributed by atoms with Gasteiger partial charge in [-0.2, -0.15) is 0 Å². The molecule has 2 N–H and O–H groups in total. The summed E-state index contributed by atoms with van der Waals surface area (Å²) in [5.74, 6) is 0.0462. The van der Waals surface area contributed by atoms with E-state index in [1.54, 1.807) is 19.3 Å². The summed E-state index contributed by atoms with van der Waals surface area (Å²) in [7, 11) is 1.62. The van der Waals surface area contributed by atoms with E-state index in [0.29, 0.717) is 12.0 Å². The van der Waals surface area contributed by atoms with Crippen LogP contribution in [0.15, 0.2) is 42.7 Å². The summed E-state index contributed by atoms with van der Waals surface area (Å²) in [6, 6.07) is 9.48. The number of likely N-dealkylation sites (tertiary alicyclic amines) is 1. The average molecular weight is 362 g/mol. The maximum atomic E-state index is 12.5. The molecule has 1 aliphatic rings. The van der Waals surface area contributed by atoms with E-state index in [2.05, 4.69) is 15.3 Å². The Labute approximate surface area is 157 Å². The maximum absolute atomic E-state index is 12.5. The number of benzene rings is 1. The Morgan fingerprint density at radius 3 is 2.78 bits per heavy atom. The molecular formula is C21H22N4O2. The van der Waals surface area contributed by atoms with Crippen LogP contribution in [0.4, 0.5) is 0 Å². The van der Waals surface area contributed by atoms with Crippen LogP contribution in [0.1, 0.15) is 28.8 Å². The number of aromatic nitrogens is 2. The quantitative estimate of drug-likeness (QED) is 0.749. The third-order valence-electron chi connectivity index (χ3n) is 5.10. The summed E-state index contributed by atoms with van der Waals surface area (Å²) in [6.07, 6.45) is 6.22. The molecule has 0 aliphatic carbocycles. The number of H-pyrrole nitrogens is 1. The van der Waals surface area contributed by atoms with E-state index in [9.17, 15) is 9.59 Å². The zero-order chi connectivity index (χ0) is 18.8. The third-order valence-corrected chi connectivity index (χ3v) is 5.10. The molecule has 0 atom stereocenters. The van der Waals surface area contributed by atoms with Crippen molar-refractivity contribution in [2.45, 2.75) is 19.3 Å². The van der Waals surface area contributed by atoms with Crippen LogP contribution in [0.2, 0.25) is 0 Å². The second-order valence-corrected chi connectivity index (χ2v) is 6.86. The summed E-state index contributed by atoms with van der Waals surface area (Å²) in [4.78, 5) is 34.0. The molecule has 2 aromatic heterocycles. The van der Waals surface area contributed by atoms with Crippen molar-refractivity contribution in [3.05, 3.63) is 53.9 Å². The first-order valence-electron chi connectivity index (χ1n) is 9.22. The number of amides is 2. The van der Waals surface area contributed by atoms with Gasteiger partial charge < -0.3 is 15.2 Å². The molecule has 138 valence electrons. The van der Waals surface area contributed by atoms with E-state index < -0.39 is 0 Å². The number of hydrogen-bond donors (Lipinski definition) is 2. The zero-order valence-electron chi connectivity index (χ0n) is 15.3. The Bertz CT molecular complexity index is 1000. The number of nitrogens with zero attached hydrogens (tertiary/aromatic N) is 2. The molecule has 0 unspecified atom stereocenters. The monoisotopic (exact) mass is 362 g/mol. The van der Waals surface area contributed by atoms with Crippen molar-refractivity contribution in [2.24, 2.45) is 0 Å². The van der Waals surface area contributed by atoms with E-state index in [4.69, 9.17) is 0 Å². The predicted molar refractivity (Wildman–Crippen MR) is 104 cm³/mol. The number of fused-ring (bicyclic) bond motifs is 1. The van der Waals surface area contributed by atoms with Gasteiger partial charge in [0.25, 0.3) is 5.91 Å². The highest BCUT2D eigenvalue weighted by Crippen LogP contribution is 2.26. The normalized spacial score (nSPS) is 13.9. The summed E-state index contributed by atoms with van der Waals surface area (Å²) in [6.45, 7) is 1.72. The molecule has 4 rings (SSSR count). The minimum atomic E-state index is -0.121. The van der Waals surface area contributed by atoms with E-state index in [0.717, 1.165) is 53.7 Å². The van der Waals surface area contributed by atoms with Crippen molar-refractivity contribution < 1.29 is 9.59 Å². The van der Waals surface area contributed by atoms with Gasteiger partial charge in [-0.15, -0.1) is 0 Å². The van der Waals surface area contributed by atoms with Crippen molar-refractivity contribution in [3.63, 3.8) is 0 Å². The number of nitrogens with one attached hydrogen (secondary N) is 2. The number of aromatic amines is 1. The van der Waals surface area contributed by atoms with Gasteiger partial charge in [-0.1, -0.05) is 12.1 Å². The molecule has 0 spiro atoms. The number of carbonyl (C=O) groups excluding carboxylic acids is 2. The van der Waals surface area contributed by atoms with Crippen molar-refractivity contribution in [2.75, 3.05) is 20.1 Å². The average Bonchev–Trinajstić information content (AvgIpc) is 3.37. The minimum absolute atomic E-state index is 0.121. The van der Waals surface area contributed by atoms with Gasteiger partial charge in [0.2, 0.25) is 5.91 Å². The van der Waals surface area contributed by atoms with Gasteiger partial charge in [0.05, 0.1) is 6.42 Å². The Hall–Kier alpha value is -3.15. The van der Waals surface area contributed by atoms with Crippen LogP contribution in [-0.2, 0) is 11.2 Å². The highest BCUT2D eigenvalue weighted by atomic mass is 16.2. The van der Waals surface area contributed by atoms with E-state index >= 15 is 0 Å². The van der Waals surface area contributed by atoms with Crippen molar-refractivity contribution in [1.82, 2.24) is 20.2 Å². The highest BCUT2D eigenvalue weighted by molar-refractivity contribution is 5.96. The predicted octanol–water partition coefficient (Wildman–Crippen LogP) is 2.75. The number of rotatable bonds is 4. The van der Waals surface area contributed by atoms with E-state index in [1.165, 1.54) is 0 Å².